The summed E-state index contributed by atoms with van der Waals surface area (Å²) in [6.45, 7) is 1.51. The first-order chi connectivity index (χ1) is 7.04. The van der Waals surface area contributed by atoms with Crippen molar-refractivity contribution in [1.29, 1.82) is 0 Å². The predicted molar refractivity (Wildman–Crippen MR) is 59.9 cm³/mol. The molecule has 0 saturated carbocycles. The number of rotatable bonds is 3. The van der Waals surface area contributed by atoms with E-state index in [4.69, 9.17) is 0 Å². The highest BCUT2D eigenvalue weighted by Crippen LogP contribution is 2.19. The summed E-state index contributed by atoms with van der Waals surface area (Å²) in [5.41, 5.74) is 1.25. The van der Waals surface area contributed by atoms with Crippen LogP contribution in [-0.4, -0.2) is 18.9 Å². The minimum absolute atomic E-state index is 0.0631. The zero-order chi connectivity index (χ0) is 11.4. The molecule has 80 valence electrons. The van der Waals surface area contributed by atoms with Crippen molar-refractivity contribution in [2.75, 3.05) is 7.11 Å². The Kier molecular flexibility index (Phi) is 4.03. The average Bonchev–Trinajstić information content (AvgIpc) is 2.19. The normalized spacial score (nSPS) is 9.80. The highest BCUT2D eigenvalue weighted by molar-refractivity contribution is 9.10. The molecule has 1 aromatic rings. The van der Waals surface area contributed by atoms with Gasteiger partial charge < -0.3 is 4.74 Å². The van der Waals surface area contributed by atoms with E-state index in [9.17, 15) is 9.59 Å². The molecule has 4 heteroatoms. The van der Waals surface area contributed by atoms with Gasteiger partial charge in [0.05, 0.1) is 12.7 Å². The summed E-state index contributed by atoms with van der Waals surface area (Å²) in [6, 6.07) is 5.21. The summed E-state index contributed by atoms with van der Waals surface area (Å²) in [6.07, 6.45) is 0.331. The molecule has 15 heavy (non-hydrogen) atoms. The Morgan fingerprint density at radius 3 is 2.60 bits per heavy atom. The molecule has 0 aliphatic carbocycles. The Hall–Kier alpha value is -1.16. The van der Waals surface area contributed by atoms with Crippen LogP contribution in [0.15, 0.2) is 22.7 Å². The van der Waals surface area contributed by atoms with Crippen molar-refractivity contribution in [3.05, 3.63) is 33.8 Å². The number of halogens is 1. The van der Waals surface area contributed by atoms with Gasteiger partial charge in [-0.15, -0.1) is 0 Å². The quantitative estimate of drug-likeness (QED) is 0.793. The van der Waals surface area contributed by atoms with Crippen LogP contribution in [0, 0.1) is 0 Å². The monoisotopic (exact) mass is 270 g/mol. The lowest BCUT2D eigenvalue weighted by atomic mass is 10.1. The maximum atomic E-state index is 11.3. The summed E-state index contributed by atoms with van der Waals surface area (Å²) in [4.78, 5) is 22.3. The van der Waals surface area contributed by atoms with E-state index in [1.165, 1.54) is 14.0 Å². The highest BCUT2D eigenvalue weighted by Gasteiger charge is 2.11. The minimum atomic E-state index is -0.410. The summed E-state index contributed by atoms with van der Waals surface area (Å²) in [5, 5.41) is 0. The lowest BCUT2D eigenvalue weighted by molar-refractivity contribution is -0.116. The predicted octanol–water partition coefficient (Wildman–Crippen LogP) is 2.37. The van der Waals surface area contributed by atoms with E-state index < -0.39 is 5.97 Å². The van der Waals surface area contributed by atoms with Gasteiger partial charge in [0.25, 0.3) is 0 Å². The van der Waals surface area contributed by atoms with E-state index in [1.54, 1.807) is 18.2 Å². The standard InChI is InChI=1S/C11H11BrO3/c1-7(13)5-8-3-4-10(12)9(6-8)11(14)15-2/h3-4,6H,5H2,1-2H3. The van der Waals surface area contributed by atoms with Gasteiger partial charge in [-0.05, 0) is 40.5 Å². The SMILES string of the molecule is COC(=O)c1cc(CC(C)=O)ccc1Br. The third-order valence-corrected chi connectivity index (χ3v) is 2.58. The number of hydrogen-bond donors (Lipinski definition) is 0. The van der Waals surface area contributed by atoms with Crippen molar-refractivity contribution in [2.24, 2.45) is 0 Å². The largest absolute Gasteiger partial charge is 0.465 e. The van der Waals surface area contributed by atoms with Crippen molar-refractivity contribution in [1.82, 2.24) is 0 Å². The summed E-state index contributed by atoms with van der Waals surface area (Å²) < 4.78 is 5.29. The fourth-order valence-corrected chi connectivity index (χ4v) is 1.64. The zero-order valence-electron chi connectivity index (χ0n) is 8.54. The van der Waals surface area contributed by atoms with Crippen molar-refractivity contribution < 1.29 is 14.3 Å². The molecule has 0 unspecified atom stereocenters. The second-order valence-electron chi connectivity index (χ2n) is 3.18. The number of ether oxygens (including phenoxy) is 1. The number of methoxy groups -OCH3 is 1. The number of ketones is 1. The van der Waals surface area contributed by atoms with Crippen LogP contribution in [0.4, 0.5) is 0 Å². The molecule has 0 heterocycles. The van der Waals surface area contributed by atoms with Crippen LogP contribution in [0.5, 0.6) is 0 Å². The average molecular weight is 271 g/mol. The summed E-state index contributed by atoms with van der Waals surface area (Å²) >= 11 is 3.25. The Labute approximate surface area is 96.6 Å². The molecular formula is C11H11BrO3. The molecule has 0 aliphatic rings. The molecule has 1 aromatic carbocycles. The van der Waals surface area contributed by atoms with Gasteiger partial charge in [0.15, 0.2) is 0 Å². The topological polar surface area (TPSA) is 43.4 Å². The number of benzene rings is 1. The third-order valence-electron chi connectivity index (χ3n) is 1.89. The maximum Gasteiger partial charge on any atom is 0.339 e. The van der Waals surface area contributed by atoms with E-state index in [-0.39, 0.29) is 5.78 Å². The molecule has 1 rings (SSSR count). The lowest BCUT2D eigenvalue weighted by Crippen LogP contribution is -2.04. The van der Waals surface area contributed by atoms with Crippen LogP contribution < -0.4 is 0 Å². The number of esters is 1. The number of carbonyl (C=O) groups excluding carboxylic acids is 2. The van der Waals surface area contributed by atoms with E-state index in [0.29, 0.717) is 16.5 Å². The first kappa shape index (κ1) is 11.9. The van der Waals surface area contributed by atoms with Crippen LogP contribution >= 0.6 is 15.9 Å². The molecule has 0 N–H and O–H groups in total. The van der Waals surface area contributed by atoms with Gasteiger partial charge in [-0.25, -0.2) is 4.79 Å². The molecule has 3 nitrogen and oxygen atoms in total. The Morgan fingerprint density at radius 2 is 2.07 bits per heavy atom. The molecule has 0 saturated heterocycles. The number of Topliss-reactive ketones (excluding diaryl/α,β-unsaturated/α-hetero) is 1. The smallest absolute Gasteiger partial charge is 0.339 e. The van der Waals surface area contributed by atoms with E-state index >= 15 is 0 Å². The van der Waals surface area contributed by atoms with Gasteiger partial charge in [-0.2, -0.15) is 0 Å². The van der Waals surface area contributed by atoms with Crippen LogP contribution in [-0.2, 0) is 16.0 Å². The lowest BCUT2D eigenvalue weighted by Gasteiger charge is -2.04. The van der Waals surface area contributed by atoms with Gasteiger partial charge in [0.2, 0.25) is 0 Å². The summed E-state index contributed by atoms with van der Waals surface area (Å²) in [7, 11) is 1.33. The Balaban J connectivity index is 3.05. The van der Waals surface area contributed by atoms with Gasteiger partial charge >= 0.3 is 5.97 Å². The molecule has 0 amide bonds. The van der Waals surface area contributed by atoms with E-state index in [2.05, 4.69) is 20.7 Å². The van der Waals surface area contributed by atoms with Crippen molar-refractivity contribution >= 4 is 27.7 Å². The first-order valence-corrected chi connectivity index (χ1v) is 5.20. The fraction of sp³-hybridized carbons (Fsp3) is 0.273. The second kappa shape index (κ2) is 5.07. The van der Waals surface area contributed by atoms with Gasteiger partial charge in [0, 0.05) is 10.9 Å². The molecular weight excluding hydrogens is 260 g/mol. The molecule has 0 spiro atoms. The van der Waals surface area contributed by atoms with Crippen LogP contribution in [0.2, 0.25) is 0 Å². The minimum Gasteiger partial charge on any atom is -0.465 e. The number of carbonyl (C=O) groups is 2. The Bertz CT molecular complexity index is 399. The maximum absolute atomic E-state index is 11.3. The molecule has 0 fully saturated rings. The van der Waals surface area contributed by atoms with Crippen LogP contribution in [0.25, 0.3) is 0 Å². The molecule has 0 atom stereocenters. The molecule has 0 bridgehead atoms. The summed E-state index contributed by atoms with van der Waals surface area (Å²) in [5.74, 6) is -0.347. The Morgan fingerprint density at radius 1 is 1.40 bits per heavy atom. The van der Waals surface area contributed by atoms with Crippen LogP contribution in [0.3, 0.4) is 0 Å². The fourth-order valence-electron chi connectivity index (χ4n) is 1.24. The molecule has 0 aromatic heterocycles. The van der Waals surface area contributed by atoms with Gasteiger partial charge in [-0.3, -0.25) is 4.79 Å². The highest BCUT2D eigenvalue weighted by atomic mass is 79.9. The van der Waals surface area contributed by atoms with Crippen LogP contribution in [0.1, 0.15) is 22.8 Å². The van der Waals surface area contributed by atoms with Gasteiger partial charge in [-0.1, -0.05) is 6.07 Å². The molecule has 0 radical (unpaired) electrons. The van der Waals surface area contributed by atoms with Crippen molar-refractivity contribution in [3.8, 4) is 0 Å². The molecule has 0 aliphatic heterocycles. The second-order valence-corrected chi connectivity index (χ2v) is 4.04. The van der Waals surface area contributed by atoms with Crippen molar-refractivity contribution in [2.45, 2.75) is 13.3 Å². The zero-order valence-corrected chi connectivity index (χ0v) is 10.1. The van der Waals surface area contributed by atoms with Crippen molar-refractivity contribution in [3.63, 3.8) is 0 Å². The first-order valence-electron chi connectivity index (χ1n) is 4.40. The van der Waals surface area contributed by atoms with E-state index in [1.807, 2.05) is 0 Å². The van der Waals surface area contributed by atoms with Gasteiger partial charge in [0.1, 0.15) is 5.78 Å². The number of hydrogen-bond acceptors (Lipinski definition) is 3. The van der Waals surface area contributed by atoms with E-state index in [0.717, 1.165) is 5.56 Å². The third kappa shape index (κ3) is 3.16.